The van der Waals surface area contributed by atoms with Crippen LogP contribution in [0.5, 0.6) is 5.75 Å². The minimum absolute atomic E-state index is 0.0271. The second kappa shape index (κ2) is 7.70. The molecule has 0 heterocycles. The SMILES string of the molecule is CCNCC(O)COc1ccc(CC)cc1[N+](=O)[O-]. The zero-order valence-electron chi connectivity index (χ0n) is 11.3. The molecule has 1 atom stereocenters. The largest absolute Gasteiger partial charge is 0.484 e. The Morgan fingerprint density at radius 3 is 2.79 bits per heavy atom. The van der Waals surface area contributed by atoms with E-state index >= 15 is 0 Å². The second-order valence-electron chi connectivity index (χ2n) is 4.19. The van der Waals surface area contributed by atoms with Gasteiger partial charge in [-0.15, -0.1) is 0 Å². The van der Waals surface area contributed by atoms with Crippen LogP contribution in [-0.4, -0.2) is 35.8 Å². The topological polar surface area (TPSA) is 84.6 Å². The number of hydrogen-bond acceptors (Lipinski definition) is 5. The highest BCUT2D eigenvalue weighted by Crippen LogP contribution is 2.28. The predicted octanol–water partition coefficient (Wildman–Crippen LogP) is 1.51. The molecule has 0 aliphatic heterocycles. The van der Waals surface area contributed by atoms with Gasteiger partial charge >= 0.3 is 5.69 Å². The number of nitro groups is 1. The van der Waals surface area contributed by atoms with Crippen molar-refractivity contribution < 1.29 is 14.8 Å². The van der Waals surface area contributed by atoms with Gasteiger partial charge in [0.25, 0.3) is 0 Å². The Kier molecular flexibility index (Phi) is 6.24. The van der Waals surface area contributed by atoms with Crippen LogP contribution in [0, 0.1) is 10.1 Å². The number of aliphatic hydroxyl groups is 1. The molecule has 0 saturated heterocycles. The van der Waals surface area contributed by atoms with Gasteiger partial charge in [-0.1, -0.05) is 19.9 Å². The van der Waals surface area contributed by atoms with Crippen molar-refractivity contribution in [1.29, 1.82) is 0 Å². The first-order valence-corrected chi connectivity index (χ1v) is 6.37. The van der Waals surface area contributed by atoms with Crippen molar-refractivity contribution in [3.05, 3.63) is 33.9 Å². The number of aryl methyl sites for hydroxylation is 1. The van der Waals surface area contributed by atoms with E-state index in [1.807, 2.05) is 13.8 Å². The summed E-state index contributed by atoms with van der Waals surface area (Å²) < 4.78 is 5.33. The molecule has 0 bridgehead atoms. The lowest BCUT2D eigenvalue weighted by atomic mass is 10.1. The number of nitrogens with one attached hydrogen (secondary N) is 1. The summed E-state index contributed by atoms with van der Waals surface area (Å²) in [6.07, 6.45) is 0.0369. The number of ether oxygens (including phenoxy) is 1. The van der Waals surface area contributed by atoms with Crippen LogP contribution in [0.1, 0.15) is 19.4 Å². The van der Waals surface area contributed by atoms with Gasteiger partial charge in [-0.05, 0) is 24.6 Å². The molecule has 0 aliphatic rings. The summed E-state index contributed by atoms with van der Waals surface area (Å²) in [6.45, 7) is 5.04. The van der Waals surface area contributed by atoms with Gasteiger partial charge < -0.3 is 15.2 Å². The summed E-state index contributed by atoms with van der Waals surface area (Å²) in [7, 11) is 0. The lowest BCUT2D eigenvalue weighted by Crippen LogP contribution is -2.31. The molecule has 2 N–H and O–H groups in total. The average molecular weight is 268 g/mol. The molecule has 0 aliphatic carbocycles. The van der Waals surface area contributed by atoms with Gasteiger partial charge in [0.1, 0.15) is 12.7 Å². The summed E-state index contributed by atoms with van der Waals surface area (Å²) >= 11 is 0. The molecule has 1 unspecified atom stereocenters. The molecule has 0 radical (unpaired) electrons. The second-order valence-corrected chi connectivity index (χ2v) is 4.19. The number of rotatable bonds is 8. The van der Waals surface area contributed by atoms with E-state index in [9.17, 15) is 15.2 Å². The first-order chi connectivity index (χ1) is 9.08. The van der Waals surface area contributed by atoms with Gasteiger partial charge in [0.2, 0.25) is 0 Å². The molecule has 6 heteroatoms. The van der Waals surface area contributed by atoms with Gasteiger partial charge in [-0.2, -0.15) is 0 Å². The van der Waals surface area contributed by atoms with E-state index in [0.29, 0.717) is 6.54 Å². The van der Waals surface area contributed by atoms with Crippen LogP contribution in [0.3, 0.4) is 0 Å². The zero-order valence-corrected chi connectivity index (χ0v) is 11.3. The molecule has 0 saturated carbocycles. The Morgan fingerprint density at radius 2 is 2.21 bits per heavy atom. The van der Waals surface area contributed by atoms with Crippen LogP contribution in [0.2, 0.25) is 0 Å². The Morgan fingerprint density at radius 1 is 1.47 bits per heavy atom. The van der Waals surface area contributed by atoms with E-state index in [1.54, 1.807) is 12.1 Å². The average Bonchev–Trinajstić information content (AvgIpc) is 2.42. The molecule has 1 rings (SSSR count). The highest BCUT2D eigenvalue weighted by atomic mass is 16.6. The first kappa shape index (κ1) is 15.4. The van der Waals surface area contributed by atoms with Gasteiger partial charge in [0.15, 0.2) is 5.75 Å². The molecule has 106 valence electrons. The molecule has 0 fully saturated rings. The van der Waals surface area contributed by atoms with Crippen molar-refractivity contribution in [3.8, 4) is 5.75 Å². The van der Waals surface area contributed by atoms with E-state index in [1.165, 1.54) is 6.07 Å². The van der Waals surface area contributed by atoms with E-state index in [-0.39, 0.29) is 18.0 Å². The fraction of sp³-hybridized carbons (Fsp3) is 0.538. The minimum Gasteiger partial charge on any atom is -0.484 e. The van der Waals surface area contributed by atoms with Gasteiger partial charge in [-0.3, -0.25) is 10.1 Å². The standard InChI is InChI=1S/C13H20N2O4/c1-3-10-5-6-13(12(7-10)15(17)18)19-9-11(16)8-14-4-2/h5-7,11,14,16H,3-4,8-9H2,1-2H3. The van der Waals surface area contributed by atoms with E-state index in [0.717, 1.165) is 18.5 Å². The molecule has 0 amide bonds. The fourth-order valence-corrected chi connectivity index (χ4v) is 1.60. The van der Waals surface area contributed by atoms with Crippen molar-refractivity contribution in [1.82, 2.24) is 5.32 Å². The maximum Gasteiger partial charge on any atom is 0.311 e. The normalized spacial score (nSPS) is 12.2. The maximum absolute atomic E-state index is 11.0. The first-order valence-electron chi connectivity index (χ1n) is 6.37. The van der Waals surface area contributed by atoms with Crippen molar-refractivity contribution in [2.24, 2.45) is 0 Å². The monoisotopic (exact) mass is 268 g/mol. The van der Waals surface area contributed by atoms with Crippen molar-refractivity contribution in [3.63, 3.8) is 0 Å². The number of nitrogens with zero attached hydrogens (tertiary/aromatic N) is 1. The van der Waals surface area contributed by atoms with Crippen LogP contribution in [0.4, 0.5) is 5.69 Å². The van der Waals surface area contributed by atoms with Crippen molar-refractivity contribution >= 4 is 5.69 Å². The van der Waals surface area contributed by atoms with Crippen LogP contribution in [0.15, 0.2) is 18.2 Å². The smallest absolute Gasteiger partial charge is 0.311 e. The van der Waals surface area contributed by atoms with E-state index < -0.39 is 11.0 Å². The Balaban J connectivity index is 2.69. The Hall–Kier alpha value is -1.66. The molecule has 0 aromatic heterocycles. The molecule has 1 aromatic carbocycles. The van der Waals surface area contributed by atoms with Gasteiger partial charge in [-0.25, -0.2) is 0 Å². The third-order valence-electron chi connectivity index (χ3n) is 2.69. The lowest BCUT2D eigenvalue weighted by molar-refractivity contribution is -0.386. The Labute approximate surface area is 112 Å². The summed E-state index contributed by atoms with van der Waals surface area (Å²) in [4.78, 5) is 10.5. The zero-order chi connectivity index (χ0) is 14.3. The van der Waals surface area contributed by atoms with E-state index in [4.69, 9.17) is 4.74 Å². The summed E-state index contributed by atoms with van der Waals surface area (Å²) in [5.41, 5.74) is 0.822. The van der Waals surface area contributed by atoms with Crippen LogP contribution < -0.4 is 10.1 Å². The van der Waals surface area contributed by atoms with E-state index in [2.05, 4.69) is 5.32 Å². The molecular formula is C13H20N2O4. The number of likely N-dealkylation sites (N-methyl/N-ethyl adjacent to an activating group) is 1. The number of nitro benzene ring substituents is 1. The van der Waals surface area contributed by atoms with Gasteiger partial charge in [0.05, 0.1) is 4.92 Å². The summed E-state index contributed by atoms with van der Waals surface area (Å²) in [5.74, 6) is 0.192. The molecular weight excluding hydrogens is 248 g/mol. The highest BCUT2D eigenvalue weighted by molar-refractivity contribution is 5.48. The quantitative estimate of drug-likeness (QED) is 0.551. The minimum atomic E-state index is -0.689. The molecule has 6 nitrogen and oxygen atoms in total. The van der Waals surface area contributed by atoms with Crippen LogP contribution in [0.25, 0.3) is 0 Å². The number of aliphatic hydroxyl groups excluding tert-OH is 1. The van der Waals surface area contributed by atoms with Crippen molar-refractivity contribution in [2.75, 3.05) is 19.7 Å². The Bertz CT molecular complexity index is 423. The number of benzene rings is 1. The highest BCUT2D eigenvalue weighted by Gasteiger charge is 2.16. The summed E-state index contributed by atoms with van der Waals surface area (Å²) in [5, 5.41) is 23.5. The predicted molar refractivity (Wildman–Crippen MR) is 72.5 cm³/mol. The third kappa shape index (κ3) is 4.84. The van der Waals surface area contributed by atoms with Crippen LogP contribution >= 0.6 is 0 Å². The molecule has 19 heavy (non-hydrogen) atoms. The summed E-state index contributed by atoms with van der Waals surface area (Å²) in [6, 6.07) is 4.88. The van der Waals surface area contributed by atoms with Crippen LogP contribution in [-0.2, 0) is 6.42 Å². The third-order valence-corrected chi connectivity index (χ3v) is 2.69. The molecule has 0 spiro atoms. The number of hydrogen-bond donors (Lipinski definition) is 2. The fourth-order valence-electron chi connectivity index (χ4n) is 1.60. The maximum atomic E-state index is 11.0. The van der Waals surface area contributed by atoms with Crippen molar-refractivity contribution in [2.45, 2.75) is 26.4 Å². The van der Waals surface area contributed by atoms with Gasteiger partial charge in [0, 0.05) is 12.6 Å². The molecule has 1 aromatic rings. The lowest BCUT2D eigenvalue weighted by Gasteiger charge is -2.13.